The Morgan fingerprint density at radius 1 is 1.21 bits per heavy atom. The van der Waals surface area contributed by atoms with Crippen LogP contribution in [0.15, 0.2) is 24.3 Å². The lowest BCUT2D eigenvalue weighted by molar-refractivity contribution is -0.134. The first-order valence-corrected chi connectivity index (χ1v) is 6.07. The molecule has 0 aromatic heterocycles. The summed E-state index contributed by atoms with van der Waals surface area (Å²) in [5.74, 6) is -1.31. The second-order valence-corrected chi connectivity index (χ2v) is 4.82. The highest BCUT2D eigenvalue weighted by Gasteiger charge is 2.53. The Balaban J connectivity index is 1.94. The number of carbonyl (C=O) groups is 3. The Morgan fingerprint density at radius 2 is 1.79 bits per heavy atom. The number of benzene rings is 1. The van der Waals surface area contributed by atoms with E-state index in [2.05, 4.69) is 5.32 Å². The maximum absolute atomic E-state index is 11.9. The Kier molecular flexibility index (Phi) is 3.38. The number of amides is 1. The first-order valence-electron chi connectivity index (χ1n) is 6.07. The molecule has 0 bridgehead atoms. The van der Waals surface area contributed by atoms with Gasteiger partial charge in [0.05, 0.1) is 5.56 Å². The molecule has 100 valence electrons. The lowest BCUT2D eigenvalue weighted by Crippen LogP contribution is -2.35. The van der Waals surface area contributed by atoms with E-state index in [1.165, 1.54) is 19.1 Å². The van der Waals surface area contributed by atoms with Crippen LogP contribution in [0.2, 0.25) is 0 Å². The zero-order chi connectivity index (χ0) is 14.0. The molecule has 1 aliphatic rings. The standard InChI is InChI=1S/C14H15NO4/c1-9(16)14(6-7-14)13(19)15-8-10-2-4-11(5-3-10)12(17)18/h2-5H,6-8H2,1H3,(H,15,19)(H,17,18). The molecule has 1 aromatic rings. The predicted octanol–water partition coefficient (Wildman–Crippen LogP) is 1.37. The maximum atomic E-state index is 11.9. The molecule has 1 saturated carbocycles. The highest BCUT2D eigenvalue weighted by atomic mass is 16.4. The van der Waals surface area contributed by atoms with Gasteiger partial charge in [0.1, 0.15) is 11.2 Å². The van der Waals surface area contributed by atoms with Crippen molar-refractivity contribution in [2.24, 2.45) is 5.41 Å². The van der Waals surface area contributed by atoms with Crippen LogP contribution >= 0.6 is 0 Å². The molecule has 0 radical (unpaired) electrons. The molecule has 0 unspecified atom stereocenters. The third kappa shape index (κ3) is 2.65. The van der Waals surface area contributed by atoms with Crippen LogP contribution in [0.25, 0.3) is 0 Å². The molecular weight excluding hydrogens is 246 g/mol. The van der Waals surface area contributed by atoms with Gasteiger partial charge in [0.15, 0.2) is 0 Å². The van der Waals surface area contributed by atoms with E-state index in [0.717, 1.165) is 5.56 Å². The van der Waals surface area contributed by atoms with Crippen molar-refractivity contribution in [1.29, 1.82) is 0 Å². The van der Waals surface area contributed by atoms with Crippen LogP contribution in [0.1, 0.15) is 35.7 Å². The van der Waals surface area contributed by atoms with Crippen molar-refractivity contribution in [1.82, 2.24) is 5.32 Å². The fourth-order valence-electron chi connectivity index (χ4n) is 1.98. The normalized spacial score (nSPS) is 15.6. The molecule has 1 aliphatic carbocycles. The van der Waals surface area contributed by atoms with E-state index < -0.39 is 11.4 Å². The summed E-state index contributed by atoms with van der Waals surface area (Å²) in [6.45, 7) is 1.74. The van der Waals surface area contributed by atoms with E-state index in [9.17, 15) is 14.4 Å². The number of carboxylic acid groups (broad SMARTS) is 1. The summed E-state index contributed by atoms with van der Waals surface area (Å²) >= 11 is 0. The van der Waals surface area contributed by atoms with Crippen LogP contribution in [-0.4, -0.2) is 22.8 Å². The topological polar surface area (TPSA) is 83.5 Å². The van der Waals surface area contributed by atoms with Gasteiger partial charge in [-0.15, -0.1) is 0 Å². The van der Waals surface area contributed by atoms with E-state index in [-0.39, 0.29) is 17.3 Å². The summed E-state index contributed by atoms with van der Waals surface area (Å²) in [6.07, 6.45) is 1.23. The summed E-state index contributed by atoms with van der Waals surface area (Å²) in [5, 5.41) is 11.5. The highest BCUT2D eigenvalue weighted by molar-refractivity contribution is 6.07. The smallest absolute Gasteiger partial charge is 0.335 e. The quantitative estimate of drug-likeness (QED) is 0.784. The molecule has 5 heteroatoms. The molecule has 0 atom stereocenters. The Hall–Kier alpha value is -2.17. The van der Waals surface area contributed by atoms with Crippen molar-refractivity contribution in [3.8, 4) is 0 Å². The molecule has 19 heavy (non-hydrogen) atoms. The highest BCUT2D eigenvalue weighted by Crippen LogP contribution is 2.46. The summed E-state index contributed by atoms with van der Waals surface area (Å²) in [5.41, 5.74) is 0.205. The largest absolute Gasteiger partial charge is 0.478 e. The average molecular weight is 261 g/mol. The van der Waals surface area contributed by atoms with Gasteiger partial charge in [0, 0.05) is 6.54 Å². The van der Waals surface area contributed by atoms with Crippen LogP contribution < -0.4 is 5.32 Å². The number of carbonyl (C=O) groups excluding carboxylic acids is 2. The third-order valence-electron chi connectivity index (χ3n) is 3.51. The number of aromatic carboxylic acids is 1. The van der Waals surface area contributed by atoms with Crippen molar-refractivity contribution in [3.63, 3.8) is 0 Å². The van der Waals surface area contributed by atoms with Gasteiger partial charge in [-0.25, -0.2) is 4.79 Å². The average Bonchev–Trinajstić information content (AvgIpc) is 3.17. The molecule has 0 aliphatic heterocycles. The molecule has 0 saturated heterocycles. The van der Waals surface area contributed by atoms with Crippen LogP contribution in [0.3, 0.4) is 0 Å². The number of rotatable bonds is 5. The third-order valence-corrected chi connectivity index (χ3v) is 3.51. The second kappa shape index (κ2) is 4.84. The molecule has 5 nitrogen and oxygen atoms in total. The number of carboxylic acids is 1. The first kappa shape index (κ1) is 13.3. The summed E-state index contributed by atoms with van der Waals surface area (Å²) < 4.78 is 0. The van der Waals surface area contributed by atoms with Crippen molar-refractivity contribution in [3.05, 3.63) is 35.4 Å². The van der Waals surface area contributed by atoms with Crippen LogP contribution in [-0.2, 0) is 16.1 Å². The molecule has 1 amide bonds. The molecule has 1 fully saturated rings. The van der Waals surface area contributed by atoms with Gasteiger partial charge in [0.2, 0.25) is 5.91 Å². The SMILES string of the molecule is CC(=O)C1(C(=O)NCc2ccc(C(=O)O)cc2)CC1. The Bertz CT molecular complexity index is 529. The van der Waals surface area contributed by atoms with Gasteiger partial charge in [-0.1, -0.05) is 12.1 Å². The number of hydrogen-bond donors (Lipinski definition) is 2. The minimum atomic E-state index is -0.982. The van der Waals surface area contributed by atoms with Crippen molar-refractivity contribution in [2.75, 3.05) is 0 Å². The van der Waals surface area contributed by atoms with Gasteiger partial charge in [-0.05, 0) is 37.5 Å². The van der Waals surface area contributed by atoms with E-state index in [1.807, 2.05) is 0 Å². The molecule has 2 N–H and O–H groups in total. The van der Waals surface area contributed by atoms with Crippen LogP contribution in [0, 0.1) is 5.41 Å². The van der Waals surface area contributed by atoms with Gasteiger partial charge >= 0.3 is 5.97 Å². The maximum Gasteiger partial charge on any atom is 0.335 e. The zero-order valence-electron chi connectivity index (χ0n) is 10.6. The lowest BCUT2D eigenvalue weighted by Gasteiger charge is -2.12. The molecule has 0 heterocycles. The molecular formula is C14H15NO4. The number of nitrogens with one attached hydrogen (secondary N) is 1. The number of Topliss-reactive ketones (excluding diaryl/α,β-unsaturated/α-hetero) is 1. The van der Waals surface area contributed by atoms with Crippen LogP contribution in [0.5, 0.6) is 0 Å². The number of ketones is 1. The minimum absolute atomic E-state index is 0.0915. The van der Waals surface area contributed by atoms with Crippen molar-refractivity contribution >= 4 is 17.7 Å². The lowest BCUT2D eigenvalue weighted by atomic mass is 10.0. The molecule has 1 aromatic carbocycles. The van der Waals surface area contributed by atoms with Gasteiger partial charge in [-0.3, -0.25) is 9.59 Å². The first-order chi connectivity index (χ1) is 8.95. The molecule has 0 spiro atoms. The van der Waals surface area contributed by atoms with E-state index in [1.54, 1.807) is 12.1 Å². The monoisotopic (exact) mass is 261 g/mol. The Morgan fingerprint density at radius 3 is 2.21 bits per heavy atom. The number of hydrogen-bond acceptors (Lipinski definition) is 3. The summed E-state index contributed by atoms with van der Waals surface area (Å²) in [6, 6.07) is 6.28. The van der Waals surface area contributed by atoms with Crippen molar-refractivity contribution < 1.29 is 19.5 Å². The Labute approximate surface area is 110 Å². The summed E-state index contributed by atoms with van der Waals surface area (Å²) in [4.78, 5) is 34.0. The predicted molar refractivity (Wildman–Crippen MR) is 67.6 cm³/mol. The van der Waals surface area contributed by atoms with Gasteiger partial charge < -0.3 is 10.4 Å². The van der Waals surface area contributed by atoms with E-state index in [0.29, 0.717) is 19.4 Å². The van der Waals surface area contributed by atoms with Gasteiger partial charge in [-0.2, -0.15) is 0 Å². The zero-order valence-corrected chi connectivity index (χ0v) is 10.6. The second-order valence-electron chi connectivity index (χ2n) is 4.82. The minimum Gasteiger partial charge on any atom is -0.478 e. The van der Waals surface area contributed by atoms with E-state index in [4.69, 9.17) is 5.11 Å². The summed E-state index contributed by atoms with van der Waals surface area (Å²) in [7, 11) is 0. The fraction of sp³-hybridized carbons (Fsp3) is 0.357. The molecule has 2 rings (SSSR count). The van der Waals surface area contributed by atoms with Crippen LogP contribution in [0.4, 0.5) is 0 Å². The van der Waals surface area contributed by atoms with Crippen molar-refractivity contribution in [2.45, 2.75) is 26.3 Å². The van der Waals surface area contributed by atoms with Gasteiger partial charge in [0.25, 0.3) is 0 Å². The fourth-order valence-corrected chi connectivity index (χ4v) is 1.98. The van der Waals surface area contributed by atoms with E-state index >= 15 is 0 Å².